The van der Waals surface area contributed by atoms with E-state index < -0.39 is 0 Å². The molecule has 6 heteroatoms. The summed E-state index contributed by atoms with van der Waals surface area (Å²) in [5, 5.41) is 6.95. The summed E-state index contributed by atoms with van der Waals surface area (Å²) in [5.41, 5.74) is 2.33. The average molecular weight is 316 g/mol. The number of fused-ring (bicyclic) bond motifs is 1. The van der Waals surface area contributed by atoms with Gasteiger partial charge in [-0.15, -0.1) is 0 Å². The number of hydrogen-bond acceptors (Lipinski definition) is 4. The first-order valence-corrected chi connectivity index (χ1v) is 8.06. The molecule has 0 saturated carbocycles. The monoisotopic (exact) mass is 316 g/mol. The first-order valence-electron chi connectivity index (χ1n) is 8.06. The molecule has 0 saturated heterocycles. The minimum absolute atomic E-state index is 0.0414. The fourth-order valence-corrected chi connectivity index (χ4v) is 2.99. The van der Waals surface area contributed by atoms with E-state index in [1.54, 1.807) is 13.8 Å². The molecular formula is C17H24N4O2. The summed E-state index contributed by atoms with van der Waals surface area (Å²) in [6, 6.07) is 0.103. The van der Waals surface area contributed by atoms with Crippen LogP contribution in [0.5, 0.6) is 0 Å². The van der Waals surface area contributed by atoms with Gasteiger partial charge in [0.2, 0.25) is 0 Å². The molecule has 3 heterocycles. The Bertz CT molecular complexity index is 717. The summed E-state index contributed by atoms with van der Waals surface area (Å²) in [7, 11) is 0. The van der Waals surface area contributed by atoms with Crippen LogP contribution < -0.4 is 5.32 Å². The van der Waals surface area contributed by atoms with Crippen molar-refractivity contribution >= 4 is 5.91 Å². The molecule has 1 aliphatic rings. The number of rotatable bonds is 2. The molecule has 0 radical (unpaired) electrons. The molecule has 2 aromatic heterocycles. The number of aryl methyl sites for hydroxylation is 3. The van der Waals surface area contributed by atoms with Gasteiger partial charge in [0.1, 0.15) is 17.1 Å². The van der Waals surface area contributed by atoms with Crippen LogP contribution in [0.4, 0.5) is 0 Å². The van der Waals surface area contributed by atoms with Crippen molar-refractivity contribution in [2.24, 2.45) is 0 Å². The smallest absolute Gasteiger partial charge is 0.257 e. The fourth-order valence-electron chi connectivity index (χ4n) is 2.99. The van der Waals surface area contributed by atoms with Gasteiger partial charge in [-0.1, -0.05) is 25.9 Å². The molecule has 23 heavy (non-hydrogen) atoms. The van der Waals surface area contributed by atoms with Crippen LogP contribution in [0.3, 0.4) is 0 Å². The molecule has 1 aliphatic heterocycles. The van der Waals surface area contributed by atoms with E-state index in [-0.39, 0.29) is 17.4 Å². The third-order valence-electron chi connectivity index (χ3n) is 4.36. The van der Waals surface area contributed by atoms with Crippen molar-refractivity contribution in [2.75, 3.05) is 0 Å². The van der Waals surface area contributed by atoms with Crippen LogP contribution in [-0.2, 0) is 18.4 Å². The fraction of sp³-hybridized carbons (Fsp3) is 0.588. The number of aromatic nitrogens is 3. The summed E-state index contributed by atoms with van der Waals surface area (Å²) in [5.74, 6) is 1.57. The van der Waals surface area contributed by atoms with Gasteiger partial charge < -0.3 is 14.4 Å². The van der Waals surface area contributed by atoms with Gasteiger partial charge in [-0.05, 0) is 20.3 Å². The second-order valence-corrected chi connectivity index (χ2v) is 7.35. The topological polar surface area (TPSA) is 73.0 Å². The molecule has 3 rings (SSSR count). The summed E-state index contributed by atoms with van der Waals surface area (Å²) in [6.07, 6.45) is 3.89. The number of amides is 1. The van der Waals surface area contributed by atoms with Gasteiger partial charge in [0.15, 0.2) is 0 Å². The van der Waals surface area contributed by atoms with E-state index in [4.69, 9.17) is 9.51 Å². The Kier molecular flexibility index (Phi) is 3.78. The second kappa shape index (κ2) is 5.51. The highest BCUT2D eigenvalue weighted by molar-refractivity contribution is 5.96. The lowest BCUT2D eigenvalue weighted by atomic mass is 9.93. The summed E-state index contributed by atoms with van der Waals surface area (Å²) in [4.78, 5) is 17.2. The van der Waals surface area contributed by atoms with Crippen LogP contribution in [-0.4, -0.2) is 26.7 Å². The maximum Gasteiger partial charge on any atom is 0.257 e. The minimum atomic E-state index is -0.106. The zero-order chi connectivity index (χ0) is 16.8. The second-order valence-electron chi connectivity index (χ2n) is 7.35. The van der Waals surface area contributed by atoms with Gasteiger partial charge >= 0.3 is 0 Å². The van der Waals surface area contributed by atoms with Crippen molar-refractivity contribution in [2.45, 2.75) is 65.5 Å². The lowest BCUT2D eigenvalue weighted by molar-refractivity contribution is 0.0925. The van der Waals surface area contributed by atoms with Crippen molar-refractivity contribution in [1.82, 2.24) is 20.0 Å². The molecule has 0 aliphatic carbocycles. The van der Waals surface area contributed by atoms with E-state index in [1.165, 1.54) is 0 Å². The van der Waals surface area contributed by atoms with Crippen LogP contribution >= 0.6 is 0 Å². The Morgan fingerprint density at radius 1 is 1.39 bits per heavy atom. The SMILES string of the molecule is Cc1noc(C)c1C(=O)N[C@H]1CCc2nc(C(C)(C)C)cn2C1. The van der Waals surface area contributed by atoms with Gasteiger partial charge in [0, 0.05) is 30.6 Å². The molecule has 0 fully saturated rings. The molecule has 1 N–H and O–H groups in total. The first-order chi connectivity index (χ1) is 10.8. The summed E-state index contributed by atoms with van der Waals surface area (Å²) >= 11 is 0. The summed E-state index contributed by atoms with van der Waals surface area (Å²) < 4.78 is 7.25. The van der Waals surface area contributed by atoms with Crippen LogP contribution in [0.25, 0.3) is 0 Å². The molecule has 0 aromatic carbocycles. The Morgan fingerprint density at radius 3 is 2.74 bits per heavy atom. The van der Waals surface area contributed by atoms with E-state index in [9.17, 15) is 4.79 Å². The standard InChI is InChI=1S/C17H24N4O2/c1-10-15(11(2)23-20-10)16(22)18-12-6-7-14-19-13(17(3,4)5)9-21(14)8-12/h9,12H,6-8H2,1-5H3,(H,18,22)/t12-/m0/s1. The number of hydrogen-bond donors (Lipinski definition) is 1. The number of nitrogens with one attached hydrogen (secondary N) is 1. The molecule has 6 nitrogen and oxygen atoms in total. The van der Waals surface area contributed by atoms with Crippen LogP contribution in [0.15, 0.2) is 10.7 Å². The quantitative estimate of drug-likeness (QED) is 0.924. The largest absolute Gasteiger partial charge is 0.361 e. The van der Waals surface area contributed by atoms with Crippen LogP contribution in [0.2, 0.25) is 0 Å². The Morgan fingerprint density at radius 2 is 2.13 bits per heavy atom. The molecule has 2 aromatic rings. The van der Waals surface area contributed by atoms with Crippen LogP contribution in [0.1, 0.15) is 60.5 Å². The van der Waals surface area contributed by atoms with Crippen molar-refractivity contribution in [3.05, 3.63) is 34.7 Å². The molecular weight excluding hydrogens is 292 g/mol. The highest BCUT2D eigenvalue weighted by Gasteiger charge is 2.27. The average Bonchev–Trinajstić information content (AvgIpc) is 3.01. The van der Waals surface area contributed by atoms with Gasteiger partial charge in [-0.3, -0.25) is 4.79 Å². The molecule has 0 spiro atoms. The zero-order valence-electron chi connectivity index (χ0n) is 14.4. The molecule has 0 bridgehead atoms. The molecule has 124 valence electrons. The first kappa shape index (κ1) is 15.8. The lowest BCUT2D eigenvalue weighted by Gasteiger charge is -2.24. The third kappa shape index (κ3) is 3.02. The van der Waals surface area contributed by atoms with Crippen molar-refractivity contribution < 1.29 is 9.32 Å². The van der Waals surface area contributed by atoms with Crippen molar-refractivity contribution in [3.8, 4) is 0 Å². The number of carbonyl (C=O) groups is 1. The Balaban J connectivity index is 1.73. The molecule has 1 amide bonds. The number of carbonyl (C=O) groups excluding carboxylic acids is 1. The summed E-state index contributed by atoms with van der Waals surface area (Å²) in [6.45, 7) is 10.8. The van der Waals surface area contributed by atoms with E-state index in [0.29, 0.717) is 17.0 Å². The maximum absolute atomic E-state index is 12.5. The van der Waals surface area contributed by atoms with E-state index >= 15 is 0 Å². The van der Waals surface area contributed by atoms with Gasteiger partial charge in [0.05, 0.1) is 11.4 Å². The maximum atomic E-state index is 12.5. The molecule has 1 atom stereocenters. The lowest BCUT2D eigenvalue weighted by Crippen LogP contribution is -2.41. The Labute approximate surface area is 136 Å². The molecule has 0 unspecified atom stereocenters. The Hall–Kier alpha value is -2.11. The number of imidazole rings is 1. The van der Waals surface area contributed by atoms with Gasteiger partial charge in [0.25, 0.3) is 5.91 Å². The minimum Gasteiger partial charge on any atom is -0.361 e. The highest BCUT2D eigenvalue weighted by Crippen LogP contribution is 2.24. The van der Waals surface area contributed by atoms with Gasteiger partial charge in [-0.25, -0.2) is 4.98 Å². The van der Waals surface area contributed by atoms with E-state index in [0.717, 1.165) is 30.9 Å². The highest BCUT2D eigenvalue weighted by atomic mass is 16.5. The van der Waals surface area contributed by atoms with Crippen LogP contribution in [0, 0.1) is 13.8 Å². The number of nitrogens with zero attached hydrogens (tertiary/aromatic N) is 3. The normalized spacial score (nSPS) is 17.9. The predicted octanol–water partition coefficient (Wildman–Crippen LogP) is 2.53. The zero-order valence-corrected chi connectivity index (χ0v) is 14.4. The predicted molar refractivity (Wildman–Crippen MR) is 86.5 cm³/mol. The van der Waals surface area contributed by atoms with E-state index in [1.807, 2.05) is 0 Å². The van der Waals surface area contributed by atoms with Gasteiger partial charge in [-0.2, -0.15) is 0 Å². The van der Waals surface area contributed by atoms with Crippen molar-refractivity contribution in [3.63, 3.8) is 0 Å². The van der Waals surface area contributed by atoms with Crippen molar-refractivity contribution in [1.29, 1.82) is 0 Å². The third-order valence-corrected chi connectivity index (χ3v) is 4.36. The van der Waals surface area contributed by atoms with E-state index in [2.05, 4.69) is 42.0 Å².